The number of rotatable bonds is 4. The highest BCUT2D eigenvalue weighted by Gasteiger charge is 2.28. The lowest BCUT2D eigenvalue weighted by Crippen LogP contribution is -2.40. The topological polar surface area (TPSA) is 46.2 Å². The minimum absolute atomic E-state index is 0.0378. The lowest BCUT2D eigenvalue weighted by atomic mass is 10.0. The van der Waals surface area contributed by atoms with Crippen LogP contribution in [0, 0.1) is 5.92 Å². The van der Waals surface area contributed by atoms with Crippen molar-refractivity contribution in [1.29, 1.82) is 0 Å². The molecule has 1 fully saturated rings. The quantitative estimate of drug-likeness (QED) is 0.774. The number of amides is 1. The van der Waals surface area contributed by atoms with Gasteiger partial charge in [0.1, 0.15) is 0 Å². The van der Waals surface area contributed by atoms with Crippen LogP contribution in [0.5, 0.6) is 0 Å². The summed E-state index contributed by atoms with van der Waals surface area (Å²) in [5.74, 6) is 0.941. The summed E-state index contributed by atoms with van der Waals surface area (Å²) in [7, 11) is 0. The summed E-state index contributed by atoms with van der Waals surface area (Å²) in [6.45, 7) is 4.00. The third kappa shape index (κ3) is 2.74. The van der Waals surface area contributed by atoms with Gasteiger partial charge in [0.15, 0.2) is 0 Å². The molecule has 0 spiro atoms. The molecule has 0 unspecified atom stereocenters. The Hall–Kier alpha value is -0.510. The maximum absolute atomic E-state index is 11.6. The van der Waals surface area contributed by atoms with Gasteiger partial charge in [-0.3, -0.25) is 9.59 Å². The molecular weight excluding hydrogens is 198 g/mol. The minimum atomic E-state index is -0.229. The molecular formula is C10H17NO2S. The molecule has 80 valence electrons. The standard InChI is InChI=1S/C10H17NO2S/c1-3-7(4-2)9(12)11-8-5-6-14-10(8)13/h7-8H,3-6H2,1-2H3,(H,11,12)/t8-/m0/s1. The second kappa shape index (κ2) is 5.39. The van der Waals surface area contributed by atoms with Gasteiger partial charge in [-0.2, -0.15) is 0 Å². The van der Waals surface area contributed by atoms with Gasteiger partial charge in [0.2, 0.25) is 11.0 Å². The van der Waals surface area contributed by atoms with Crippen LogP contribution >= 0.6 is 11.8 Å². The molecule has 1 saturated heterocycles. The van der Waals surface area contributed by atoms with Crippen molar-refractivity contribution in [3.8, 4) is 0 Å². The van der Waals surface area contributed by atoms with Crippen molar-refractivity contribution < 1.29 is 9.59 Å². The van der Waals surface area contributed by atoms with Crippen LogP contribution < -0.4 is 5.32 Å². The zero-order valence-electron chi connectivity index (χ0n) is 8.71. The van der Waals surface area contributed by atoms with Gasteiger partial charge in [-0.15, -0.1) is 0 Å². The van der Waals surface area contributed by atoms with E-state index >= 15 is 0 Å². The van der Waals surface area contributed by atoms with E-state index in [2.05, 4.69) is 5.32 Å². The van der Waals surface area contributed by atoms with Gasteiger partial charge in [0, 0.05) is 11.7 Å². The molecule has 0 aromatic rings. The van der Waals surface area contributed by atoms with Gasteiger partial charge < -0.3 is 5.32 Å². The van der Waals surface area contributed by atoms with Crippen LogP contribution in [0.15, 0.2) is 0 Å². The maximum atomic E-state index is 11.6. The number of thioether (sulfide) groups is 1. The zero-order valence-corrected chi connectivity index (χ0v) is 9.52. The van der Waals surface area contributed by atoms with Crippen LogP contribution in [-0.4, -0.2) is 22.8 Å². The van der Waals surface area contributed by atoms with Crippen molar-refractivity contribution in [1.82, 2.24) is 5.32 Å². The van der Waals surface area contributed by atoms with Gasteiger partial charge >= 0.3 is 0 Å². The molecule has 1 heterocycles. The first-order valence-corrected chi connectivity index (χ1v) is 6.14. The molecule has 1 aliphatic rings. The Morgan fingerprint density at radius 1 is 1.57 bits per heavy atom. The fourth-order valence-electron chi connectivity index (χ4n) is 1.58. The van der Waals surface area contributed by atoms with Crippen molar-refractivity contribution in [3.63, 3.8) is 0 Å². The maximum Gasteiger partial charge on any atom is 0.223 e. The van der Waals surface area contributed by atoms with E-state index in [1.165, 1.54) is 11.8 Å². The fraction of sp³-hybridized carbons (Fsp3) is 0.800. The molecule has 0 aliphatic carbocycles. The third-order valence-corrected chi connectivity index (χ3v) is 3.62. The molecule has 0 saturated carbocycles. The van der Waals surface area contributed by atoms with Gasteiger partial charge in [0.05, 0.1) is 6.04 Å². The molecule has 0 aromatic heterocycles. The summed E-state index contributed by atoms with van der Waals surface area (Å²) in [5.41, 5.74) is 0. The summed E-state index contributed by atoms with van der Waals surface area (Å²) in [5, 5.41) is 2.94. The van der Waals surface area contributed by atoms with Crippen LogP contribution in [-0.2, 0) is 9.59 Å². The summed E-state index contributed by atoms with van der Waals surface area (Å²) < 4.78 is 0. The Balaban J connectivity index is 2.43. The zero-order chi connectivity index (χ0) is 10.6. The van der Waals surface area contributed by atoms with Crippen LogP contribution in [0.1, 0.15) is 33.1 Å². The summed E-state index contributed by atoms with van der Waals surface area (Å²) >= 11 is 1.32. The molecule has 4 heteroatoms. The van der Waals surface area contributed by atoms with E-state index in [4.69, 9.17) is 0 Å². The average Bonchev–Trinajstić information content (AvgIpc) is 2.54. The number of nitrogens with one attached hydrogen (secondary N) is 1. The lowest BCUT2D eigenvalue weighted by molar-refractivity contribution is -0.128. The first-order valence-electron chi connectivity index (χ1n) is 5.16. The average molecular weight is 215 g/mol. The van der Waals surface area contributed by atoms with Crippen LogP contribution in [0.3, 0.4) is 0 Å². The third-order valence-electron chi connectivity index (χ3n) is 2.61. The Bertz CT molecular complexity index is 226. The van der Waals surface area contributed by atoms with Crippen LogP contribution in [0.25, 0.3) is 0 Å². The van der Waals surface area contributed by atoms with Crippen LogP contribution in [0.4, 0.5) is 0 Å². The Kier molecular flexibility index (Phi) is 4.45. The largest absolute Gasteiger partial charge is 0.345 e. The van der Waals surface area contributed by atoms with E-state index in [0.29, 0.717) is 0 Å². The molecule has 14 heavy (non-hydrogen) atoms. The molecule has 0 bridgehead atoms. The predicted molar refractivity (Wildman–Crippen MR) is 58.1 cm³/mol. The van der Waals surface area contributed by atoms with Gasteiger partial charge in [-0.05, 0) is 19.3 Å². The van der Waals surface area contributed by atoms with Crippen molar-refractivity contribution in [2.45, 2.75) is 39.2 Å². The Labute approximate surface area is 89.0 Å². The monoisotopic (exact) mass is 215 g/mol. The molecule has 3 nitrogen and oxygen atoms in total. The number of hydrogen-bond donors (Lipinski definition) is 1. The molecule has 1 amide bonds. The Morgan fingerprint density at radius 3 is 2.64 bits per heavy atom. The van der Waals surface area contributed by atoms with E-state index in [0.717, 1.165) is 25.0 Å². The second-order valence-electron chi connectivity index (χ2n) is 3.53. The normalized spacial score (nSPS) is 21.6. The smallest absolute Gasteiger partial charge is 0.223 e. The van der Waals surface area contributed by atoms with Crippen molar-refractivity contribution in [2.75, 3.05) is 5.75 Å². The summed E-state index contributed by atoms with van der Waals surface area (Å²) in [6.07, 6.45) is 2.47. The highest BCUT2D eigenvalue weighted by atomic mass is 32.2. The van der Waals surface area contributed by atoms with Crippen molar-refractivity contribution >= 4 is 22.8 Å². The first-order chi connectivity index (χ1) is 6.69. The molecule has 1 atom stereocenters. The molecule has 1 rings (SSSR count). The van der Waals surface area contributed by atoms with Crippen molar-refractivity contribution in [3.05, 3.63) is 0 Å². The predicted octanol–water partition coefficient (Wildman–Crippen LogP) is 1.57. The van der Waals surface area contributed by atoms with E-state index in [9.17, 15) is 9.59 Å². The molecule has 0 radical (unpaired) electrons. The van der Waals surface area contributed by atoms with Gasteiger partial charge in [-0.25, -0.2) is 0 Å². The Morgan fingerprint density at radius 2 is 2.21 bits per heavy atom. The van der Waals surface area contributed by atoms with E-state index in [1.54, 1.807) is 0 Å². The highest BCUT2D eigenvalue weighted by Crippen LogP contribution is 2.20. The van der Waals surface area contributed by atoms with E-state index in [-0.39, 0.29) is 23.0 Å². The first kappa shape index (κ1) is 11.6. The lowest BCUT2D eigenvalue weighted by Gasteiger charge is -2.15. The molecule has 0 aromatic carbocycles. The molecule has 1 aliphatic heterocycles. The highest BCUT2D eigenvalue weighted by molar-refractivity contribution is 8.14. The van der Waals surface area contributed by atoms with Gasteiger partial charge in [0.25, 0.3) is 0 Å². The second-order valence-corrected chi connectivity index (χ2v) is 4.63. The SMILES string of the molecule is CCC(CC)C(=O)N[C@H]1CCSC1=O. The molecule has 1 N–H and O–H groups in total. The number of carbonyl (C=O) groups is 2. The minimum Gasteiger partial charge on any atom is -0.345 e. The van der Waals surface area contributed by atoms with E-state index < -0.39 is 0 Å². The number of hydrogen-bond acceptors (Lipinski definition) is 3. The fourth-order valence-corrected chi connectivity index (χ4v) is 2.51. The summed E-state index contributed by atoms with van der Waals surface area (Å²) in [4.78, 5) is 22.9. The van der Waals surface area contributed by atoms with E-state index in [1.807, 2.05) is 13.8 Å². The number of carbonyl (C=O) groups excluding carboxylic acids is 2. The van der Waals surface area contributed by atoms with Gasteiger partial charge in [-0.1, -0.05) is 25.6 Å². The summed E-state index contributed by atoms with van der Waals surface area (Å²) in [6, 6.07) is -0.229. The van der Waals surface area contributed by atoms with Crippen molar-refractivity contribution in [2.24, 2.45) is 5.92 Å². The van der Waals surface area contributed by atoms with Crippen LogP contribution in [0.2, 0.25) is 0 Å².